The third-order valence-corrected chi connectivity index (χ3v) is 4.40. The number of hydrogen-bond donors (Lipinski definition) is 0. The summed E-state index contributed by atoms with van der Waals surface area (Å²) in [4.78, 5) is 0. The molecule has 1 saturated heterocycles. The molecule has 0 N–H and O–H groups in total. The fraction of sp³-hybridized carbons (Fsp3) is 0.556. The first-order valence-electron chi connectivity index (χ1n) is 7.58. The summed E-state index contributed by atoms with van der Waals surface area (Å²) >= 11 is 0. The van der Waals surface area contributed by atoms with E-state index in [0.29, 0.717) is 17.2 Å². The van der Waals surface area contributed by atoms with E-state index >= 15 is 0 Å². The second-order valence-corrected chi connectivity index (χ2v) is 6.44. The van der Waals surface area contributed by atoms with Gasteiger partial charge in [-0.25, -0.2) is 0 Å². The van der Waals surface area contributed by atoms with Crippen LogP contribution in [0.3, 0.4) is 0 Å². The van der Waals surface area contributed by atoms with Crippen LogP contribution in [0, 0.1) is 0 Å². The van der Waals surface area contributed by atoms with Gasteiger partial charge in [0.1, 0.15) is 0 Å². The molecule has 1 fully saturated rings. The average Bonchev–Trinajstić information content (AvgIpc) is 2.71. The molecule has 0 spiro atoms. The van der Waals surface area contributed by atoms with Gasteiger partial charge in [-0.15, -0.1) is 0 Å². The van der Waals surface area contributed by atoms with Gasteiger partial charge in [0.05, 0.1) is 32.5 Å². The van der Waals surface area contributed by atoms with Crippen LogP contribution in [0.1, 0.15) is 33.3 Å². The first-order chi connectivity index (χ1) is 10.7. The summed E-state index contributed by atoms with van der Waals surface area (Å²) in [6.07, 6.45) is 3.42. The van der Waals surface area contributed by atoms with Crippen molar-refractivity contribution in [3.63, 3.8) is 0 Å². The van der Waals surface area contributed by atoms with Crippen LogP contribution >= 0.6 is 0 Å². The normalized spacial score (nSPS) is 20.0. The molecule has 1 aliphatic heterocycles. The van der Waals surface area contributed by atoms with E-state index in [1.54, 1.807) is 21.3 Å². The van der Waals surface area contributed by atoms with Gasteiger partial charge >= 0.3 is 0 Å². The number of hydrogen-bond acceptors (Lipinski definition) is 5. The molecular formula is C18H26O5. The zero-order valence-corrected chi connectivity index (χ0v) is 14.9. The van der Waals surface area contributed by atoms with Gasteiger partial charge in [0.15, 0.2) is 17.8 Å². The standard InChI is InChI=1S/C18H26O5/c1-17(2)18(3,4)23-15(22-17)9-8-12-10-13(19-5)16(21-7)14(11-12)20-6/h8-11,15H,1-7H3/b9-8+. The van der Waals surface area contributed by atoms with Crippen LogP contribution in [0.5, 0.6) is 17.2 Å². The van der Waals surface area contributed by atoms with Crippen molar-refractivity contribution in [1.82, 2.24) is 0 Å². The maximum atomic E-state index is 5.95. The molecule has 0 aliphatic carbocycles. The quantitative estimate of drug-likeness (QED) is 0.828. The second-order valence-electron chi connectivity index (χ2n) is 6.44. The smallest absolute Gasteiger partial charge is 0.203 e. The lowest BCUT2D eigenvalue weighted by atomic mass is 9.90. The summed E-state index contributed by atoms with van der Waals surface area (Å²) in [6, 6.07) is 3.76. The zero-order valence-electron chi connectivity index (χ0n) is 14.9. The predicted octanol–water partition coefficient (Wildman–Crippen LogP) is 3.66. The van der Waals surface area contributed by atoms with Crippen molar-refractivity contribution in [1.29, 1.82) is 0 Å². The van der Waals surface area contributed by atoms with Gasteiger partial charge in [0.2, 0.25) is 5.75 Å². The minimum absolute atomic E-state index is 0.350. The molecule has 0 saturated carbocycles. The van der Waals surface area contributed by atoms with Gasteiger partial charge in [-0.1, -0.05) is 6.08 Å². The van der Waals surface area contributed by atoms with Crippen molar-refractivity contribution in [2.24, 2.45) is 0 Å². The third-order valence-electron chi connectivity index (χ3n) is 4.40. The summed E-state index contributed by atoms with van der Waals surface area (Å²) < 4.78 is 27.9. The Labute approximate surface area is 138 Å². The summed E-state index contributed by atoms with van der Waals surface area (Å²) in [5.74, 6) is 1.80. The average molecular weight is 322 g/mol. The summed E-state index contributed by atoms with van der Waals surface area (Å²) in [7, 11) is 4.78. The van der Waals surface area contributed by atoms with E-state index < -0.39 is 0 Å². The molecule has 128 valence electrons. The van der Waals surface area contributed by atoms with Crippen molar-refractivity contribution < 1.29 is 23.7 Å². The van der Waals surface area contributed by atoms with Crippen LogP contribution in [-0.4, -0.2) is 38.8 Å². The molecule has 23 heavy (non-hydrogen) atoms. The highest BCUT2D eigenvalue weighted by molar-refractivity contribution is 5.62. The Hall–Kier alpha value is -1.72. The van der Waals surface area contributed by atoms with Crippen LogP contribution in [-0.2, 0) is 9.47 Å². The highest BCUT2D eigenvalue weighted by Crippen LogP contribution is 2.40. The van der Waals surface area contributed by atoms with Crippen LogP contribution in [0.2, 0.25) is 0 Å². The molecular weight excluding hydrogens is 296 g/mol. The zero-order chi connectivity index (χ0) is 17.3. The van der Waals surface area contributed by atoms with E-state index in [2.05, 4.69) is 0 Å². The molecule has 1 aromatic carbocycles. The summed E-state index contributed by atoms with van der Waals surface area (Å²) in [5, 5.41) is 0. The lowest BCUT2D eigenvalue weighted by Gasteiger charge is -2.30. The van der Waals surface area contributed by atoms with E-state index in [4.69, 9.17) is 23.7 Å². The maximum absolute atomic E-state index is 5.95. The highest BCUT2D eigenvalue weighted by atomic mass is 16.7. The van der Waals surface area contributed by atoms with Crippen molar-refractivity contribution >= 4 is 6.08 Å². The minimum Gasteiger partial charge on any atom is -0.493 e. The van der Waals surface area contributed by atoms with E-state index in [-0.39, 0.29) is 17.5 Å². The monoisotopic (exact) mass is 322 g/mol. The lowest BCUT2D eigenvalue weighted by Crippen LogP contribution is -2.41. The molecule has 5 nitrogen and oxygen atoms in total. The Morgan fingerprint density at radius 2 is 1.35 bits per heavy atom. The number of rotatable bonds is 5. The van der Waals surface area contributed by atoms with E-state index in [9.17, 15) is 0 Å². The number of benzene rings is 1. The van der Waals surface area contributed by atoms with E-state index in [1.807, 2.05) is 52.0 Å². The van der Waals surface area contributed by atoms with Crippen LogP contribution in [0.4, 0.5) is 0 Å². The minimum atomic E-state index is -0.390. The largest absolute Gasteiger partial charge is 0.493 e. The van der Waals surface area contributed by atoms with Crippen molar-refractivity contribution in [3.8, 4) is 17.2 Å². The molecule has 2 rings (SSSR count). The SMILES string of the molecule is COc1cc(/C=C/C2OC(C)(C)C(C)(C)O2)cc(OC)c1OC. The Kier molecular flexibility index (Phi) is 4.92. The van der Waals surface area contributed by atoms with Gasteiger partial charge < -0.3 is 23.7 Å². The Morgan fingerprint density at radius 3 is 1.74 bits per heavy atom. The third kappa shape index (κ3) is 3.46. The molecule has 0 radical (unpaired) electrons. The van der Waals surface area contributed by atoms with Crippen molar-refractivity contribution in [3.05, 3.63) is 23.8 Å². The molecule has 1 aliphatic rings. The first kappa shape index (κ1) is 17.6. The van der Waals surface area contributed by atoms with E-state index in [0.717, 1.165) is 5.56 Å². The van der Waals surface area contributed by atoms with Gasteiger partial charge in [-0.05, 0) is 51.5 Å². The molecule has 0 aromatic heterocycles. The fourth-order valence-electron chi connectivity index (χ4n) is 2.35. The van der Waals surface area contributed by atoms with Gasteiger partial charge in [0.25, 0.3) is 0 Å². The highest BCUT2D eigenvalue weighted by Gasteiger charge is 2.48. The second kappa shape index (κ2) is 6.42. The van der Waals surface area contributed by atoms with Crippen LogP contribution in [0.25, 0.3) is 6.08 Å². The Bertz CT molecular complexity index is 548. The van der Waals surface area contributed by atoms with Gasteiger partial charge in [-0.3, -0.25) is 0 Å². The summed E-state index contributed by atoms with van der Waals surface area (Å²) in [6.45, 7) is 8.11. The lowest BCUT2D eigenvalue weighted by molar-refractivity contribution is -0.0499. The van der Waals surface area contributed by atoms with Crippen molar-refractivity contribution in [2.75, 3.05) is 21.3 Å². The molecule has 0 amide bonds. The van der Waals surface area contributed by atoms with Crippen LogP contribution < -0.4 is 14.2 Å². The molecule has 0 atom stereocenters. The fourth-order valence-corrected chi connectivity index (χ4v) is 2.35. The molecule has 0 unspecified atom stereocenters. The topological polar surface area (TPSA) is 46.2 Å². The number of methoxy groups -OCH3 is 3. The van der Waals surface area contributed by atoms with E-state index in [1.165, 1.54) is 0 Å². The van der Waals surface area contributed by atoms with Crippen LogP contribution in [0.15, 0.2) is 18.2 Å². The maximum Gasteiger partial charge on any atom is 0.203 e. The Balaban J connectivity index is 2.24. The van der Waals surface area contributed by atoms with Gasteiger partial charge in [0, 0.05) is 0 Å². The van der Waals surface area contributed by atoms with Gasteiger partial charge in [-0.2, -0.15) is 0 Å². The Morgan fingerprint density at radius 1 is 0.870 bits per heavy atom. The summed E-state index contributed by atoms with van der Waals surface area (Å²) in [5.41, 5.74) is 0.211. The first-order valence-corrected chi connectivity index (χ1v) is 7.58. The molecule has 5 heteroatoms. The molecule has 1 aromatic rings. The predicted molar refractivity (Wildman–Crippen MR) is 89.2 cm³/mol. The molecule has 1 heterocycles. The van der Waals surface area contributed by atoms with Crippen molar-refractivity contribution in [2.45, 2.75) is 45.2 Å². The number of ether oxygens (including phenoxy) is 5. The molecule has 0 bridgehead atoms.